The van der Waals surface area contributed by atoms with Crippen LogP contribution in [0, 0.1) is 0 Å². The van der Waals surface area contributed by atoms with Crippen molar-refractivity contribution in [2.75, 3.05) is 25.0 Å². The maximum absolute atomic E-state index is 12.4. The van der Waals surface area contributed by atoms with E-state index in [2.05, 4.69) is 15.5 Å². The Balaban J connectivity index is 1.88. The third-order valence-electron chi connectivity index (χ3n) is 3.28. The monoisotopic (exact) mass is 314 g/mol. The molecule has 5 nitrogen and oxygen atoms in total. The predicted octanol–water partition coefficient (Wildman–Crippen LogP) is 2.85. The van der Waals surface area contributed by atoms with Crippen LogP contribution in [-0.4, -0.2) is 45.9 Å². The van der Waals surface area contributed by atoms with Gasteiger partial charge in [-0.1, -0.05) is 35.9 Å². The standard InChI is InChI=1S/C13H22N4OS2/c1-3-14-12-15-16-13(20-12)19-10(2)11(18)17-8-6-4-5-7-9-17/h10H,3-9H2,1-2H3,(H,14,15). The summed E-state index contributed by atoms with van der Waals surface area (Å²) < 4.78 is 0.858. The van der Waals surface area contributed by atoms with E-state index in [0.29, 0.717) is 0 Å². The van der Waals surface area contributed by atoms with Gasteiger partial charge in [0.2, 0.25) is 11.0 Å². The molecule has 1 atom stereocenters. The van der Waals surface area contributed by atoms with Crippen LogP contribution < -0.4 is 5.32 Å². The molecule has 1 saturated heterocycles. The van der Waals surface area contributed by atoms with Crippen molar-refractivity contribution in [3.8, 4) is 0 Å². The average molecular weight is 314 g/mol. The molecule has 2 heterocycles. The predicted molar refractivity (Wildman–Crippen MR) is 84.4 cm³/mol. The normalized spacial score (nSPS) is 17.6. The summed E-state index contributed by atoms with van der Waals surface area (Å²) in [6, 6.07) is 0. The number of carbonyl (C=O) groups excluding carboxylic acids is 1. The molecule has 1 amide bonds. The van der Waals surface area contributed by atoms with E-state index in [1.54, 1.807) is 0 Å². The van der Waals surface area contributed by atoms with Gasteiger partial charge in [0, 0.05) is 19.6 Å². The molecule has 0 bridgehead atoms. The van der Waals surface area contributed by atoms with Crippen LogP contribution in [0.4, 0.5) is 5.13 Å². The highest BCUT2D eigenvalue weighted by atomic mass is 32.2. The van der Waals surface area contributed by atoms with E-state index < -0.39 is 0 Å². The van der Waals surface area contributed by atoms with Crippen molar-refractivity contribution in [1.82, 2.24) is 15.1 Å². The van der Waals surface area contributed by atoms with Gasteiger partial charge in [0.15, 0.2) is 4.34 Å². The summed E-state index contributed by atoms with van der Waals surface area (Å²) in [4.78, 5) is 14.4. The topological polar surface area (TPSA) is 58.1 Å². The lowest BCUT2D eigenvalue weighted by molar-refractivity contribution is -0.130. The summed E-state index contributed by atoms with van der Waals surface area (Å²) >= 11 is 3.03. The molecule has 0 radical (unpaired) electrons. The maximum Gasteiger partial charge on any atom is 0.235 e. The quantitative estimate of drug-likeness (QED) is 0.847. The Morgan fingerprint density at radius 1 is 1.35 bits per heavy atom. The van der Waals surface area contributed by atoms with Gasteiger partial charge >= 0.3 is 0 Å². The van der Waals surface area contributed by atoms with E-state index in [0.717, 1.165) is 41.9 Å². The van der Waals surface area contributed by atoms with Crippen molar-refractivity contribution < 1.29 is 4.79 Å². The first-order chi connectivity index (χ1) is 9.70. The van der Waals surface area contributed by atoms with Crippen LogP contribution in [0.3, 0.4) is 0 Å². The molecule has 112 valence electrons. The minimum atomic E-state index is -0.0875. The Bertz CT molecular complexity index is 430. The van der Waals surface area contributed by atoms with E-state index in [1.165, 1.54) is 35.9 Å². The summed E-state index contributed by atoms with van der Waals surface area (Å²) in [5, 5.41) is 12.1. The van der Waals surface area contributed by atoms with E-state index in [1.807, 2.05) is 18.7 Å². The highest BCUT2D eigenvalue weighted by Gasteiger charge is 2.23. The number of anilines is 1. The number of likely N-dealkylation sites (tertiary alicyclic amines) is 1. The molecule has 1 unspecified atom stereocenters. The second kappa shape index (κ2) is 7.83. The molecule has 1 aromatic heterocycles. The summed E-state index contributed by atoms with van der Waals surface area (Å²) in [6.45, 7) is 6.64. The zero-order valence-electron chi connectivity index (χ0n) is 12.1. The zero-order valence-corrected chi connectivity index (χ0v) is 13.7. The molecular weight excluding hydrogens is 292 g/mol. The molecule has 1 aliphatic heterocycles. The summed E-state index contributed by atoms with van der Waals surface area (Å²) in [5.41, 5.74) is 0. The molecule has 0 spiro atoms. The van der Waals surface area contributed by atoms with Crippen molar-refractivity contribution in [1.29, 1.82) is 0 Å². The Hall–Kier alpha value is -0.820. The van der Waals surface area contributed by atoms with Gasteiger partial charge in [-0.15, -0.1) is 10.2 Å². The van der Waals surface area contributed by atoms with Crippen molar-refractivity contribution in [3.63, 3.8) is 0 Å². The Morgan fingerprint density at radius 2 is 2.05 bits per heavy atom. The number of nitrogens with zero attached hydrogens (tertiary/aromatic N) is 3. The minimum Gasteiger partial charge on any atom is -0.360 e. The highest BCUT2D eigenvalue weighted by Crippen LogP contribution is 2.29. The van der Waals surface area contributed by atoms with E-state index >= 15 is 0 Å². The van der Waals surface area contributed by atoms with Crippen molar-refractivity contribution >= 4 is 34.1 Å². The fourth-order valence-corrected chi connectivity index (χ4v) is 4.28. The van der Waals surface area contributed by atoms with Gasteiger partial charge in [-0.05, 0) is 26.7 Å². The number of thioether (sulfide) groups is 1. The van der Waals surface area contributed by atoms with Gasteiger partial charge in [-0.25, -0.2) is 0 Å². The van der Waals surface area contributed by atoms with Crippen LogP contribution in [0.15, 0.2) is 4.34 Å². The van der Waals surface area contributed by atoms with Gasteiger partial charge in [0.05, 0.1) is 5.25 Å². The largest absolute Gasteiger partial charge is 0.360 e. The van der Waals surface area contributed by atoms with E-state index in [4.69, 9.17) is 0 Å². The van der Waals surface area contributed by atoms with Gasteiger partial charge in [-0.3, -0.25) is 4.79 Å². The van der Waals surface area contributed by atoms with Gasteiger partial charge in [0.25, 0.3) is 0 Å². The third kappa shape index (κ3) is 4.34. The smallest absolute Gasteiger partial charge is 0.235 e. The first kappa shape index (κ1) is 15.6. The zero-order chi connectivity index (χ0) is 14.4. The highest BCUT2D eigenvalue weighted by molar-refractivity contribution is 8.02. The molecule has 2 rings (SSSR count). The average Bonchev–Trinajstić information content (AvgIpc) is 2.72. The molecule has 0 aromatic carbocycles. The minimum absolute atomic E-state index is 0.0875. The Kier molecular flexibility index (Phi) is 6.09. The Labute approximate surface area is 128 Å². The number of hydrogen-bond acceptors (Lipinski definition) is 6. The third-order valence-corrected chi connectivity index (χ3v) is 5.33. The molecule has 20 heavy (non-hydrogen) atoms. The van der Waals surface area contributed by atoms with Crippen LogP contribution in [0.5, 0.6) is 0 Å². The van der Waals surface area contributed by atoms with Crippen molar-refractivity contribution in [2.24, 2.45) is 0 Å². The number of rotatable bonds is 5. The number of carbonyl (C=O) groups is 1. The van der Waals surface area contributed by atoms with Crippen LogP contribution in [0.25, 0.3) is 0 Å². The molecule has 1 N–H and O–H groups in total. The van der Waals surface area contributed by atoms with Crippen LogP contribution >= 0.6 is 23.1 Å². The number of nitrogens with one attached hydrogen (secondary N) is 1. The van der Waals surface area contributed by atoms with Crippen molar-refractivity contribution in [3.05, 3.63) is 0 Å². The van der Waals surface area contributed by atoms with E-state index in [-0.39, 0.29) is 11.2 Å². The summed E-state index contributed by atoms with van der Waals surface area (Å²) in [5.74, 6) is 0.233. The second-order valence-electron chi connectivity index (χ2n) is 4.90. The number of hydrogen-bond donors (Lipinski definition) is 1. The van der Waals surface area contributed by atoms with Gasteiger partial charge in [0.1, 0.15) is 0 Å². The lowest BCUT2D eigenvalue weighted by atomic mass is 10.2. The van der Waals surface area contributed by atoms with Gasteiger partial charge in [-0.2, -0.15) is 0 Å². The Morgan fingerprint density at radius 3 is 2.70 bits per heavy atom. The SMILES string of the molecule is CCNc1nnc(SC(C)C(=O)N2CCCCCC2)s1. The maximum atomic E-state index is 12.4. The lowest BCUT2D eigenvalue weighted by Gasteiger charge is -2.23. The lowest BCUT2D eigenvalue weighted by Crippen LogP contribution is -2.37. The van der Waals surface area contributed by atoms with E-state index in [9.17, 15) is 4.79 Å². The fraction of sp³-hybridized carbons (Fsp3) is 0.769. The number of amides is 1. The van der Waals surface area contributed by atoms with Crippen LogP contribution in [0.2, 0.25) is 0 Å². The first-order valence-corrected chi connectivity index (χ1v) is 8.93. The first-order valence-electron chi connectivity index (χ1n) is 7.23. The summed E-state index contributed by atoms with van der Waals surface area (Å²) in [7, 11) is 0. The molecule has 1 aliphatic rings. The van der Waals surface area contributed by atoms with Crippen LogP contribution in [-0.2, 0) is 4.79 Å². The second-order valence-corrected chi connectivity index (χ2v) is 7.47. The van der Waals surface area contributed by atoms with Crippen molar-refractivity contribution in [2.45, 2.75) is 49.1 Å². The molecule has 1 aromatic rings. The number of aromatic nitrogens is 2. The van der Waals surface area contributed by atoms with Gasteiger partial charge < -0.3 is 10.2 Å². The molecular formula is C13H22N4OS2. The summed E-state index contributed by atoms with van der Waals surface area (Å²) in [6.07, 6.45) is 4.75. The molecule has 1 fully saturated rings. The molecule has 0 saturated carbocycles. The molecule has 7 heteroatoms. The van der Waals surface area contributed by atoms with Crippen LogP contribution in [0.1, 0.15) is 39.5 Å². The fourth-order valence-electron chi connectivity index (χ4n) is 2.23. The molecule has 0 aliphatic carbocycles.